The fraction of sp³-hybridized carbons (Fsp3) is 0.500. The van der Waals surface area contributed by atoms with E-state index in [9.17, 15) is 13.2 Å². The number of hydrogen-bond acceptors (Lipinski definition) is 2. The maximum atomic E-state index is 12.9. The van der Waals surface area contributed by atoms with Gasteiger partial charge in [-0.15, -0.1) is 0 Å². The van der Waals surface area contributed by atoms with Gasteiger partial charge in [-0.05, 0) is 30.0 Å². The van der Waals surface area contributed by atoms with Crippen molar-refractivity contribution in [3.8, 4) is 0 Å². The molecular formula is C12H12BrF3N2. The first-order valence-corrected chi connectivity index (χ1v) is 6.60. The molecule has 1 aromatic rings. The Morgan fingerprint density at radius 3 is 2.50 bits per heavy atom. The van der Waals surface area contributed by atoms with E-state index in [4.69, 9.17) is 0 Å². The molecular weight excluding hydrogens is 309 g/mol. The lowest BCUT2D eigenvalue weighted by molar-refractivity contribution is -0.137. The topological polar surface area (TPSA) is 24.1 Å². The lowest BCUT2D eigenvalue weighted by Gasteiger charge is -2.16. The molecule has 2 unspecified atom stereocenters. The molecule has 1 heterocycles. The molecule has 1 aliphatic carbocycles. The van der Waals surface area contributed by atoms with E-state index < -0.39 is 11.7 Å². The second kappa shape index (κ2) is 4.13. The number of benzene rings is 1. The molecule has 1 saturated heterocycles. The van der Waals surface area contributed by atoms with Crippen molar-refractivity contribution in [1.82, 2.24) is 5.32 Å². The van der Waals surface area contributed by atoms with Crippen LogP contribution in [-0.4, -0.2) is 19.1 Å². The van der Waals surface area contributed by atoms with Crippen LogP contribution in [-0.2, 0) is 6.18 Å². The van der Waals surface area contributed by atoms with Gasteiger partial charge in [-0.25, -0.2) is 0 Å². The molecule has 98 valence electrons. The van der Waals surface area contributed by atoms with E-state index in [1.54, 1.807) is 6.07 Å². The van der Waals surface area contributed by atoms with Crippen molar-refractivity contribution < 1.29 is 13.2 Å². The maximum Gasteiger partial charge on any atom is 0.418 e. The van der Waals surface area contributed by atoms with Gasteiger partial charge in [0, 0.05) is 29.3 Å². The van der Waals surface area contributed by atoms with Gasteiger partial charge in [0.05, 0.1) is 5.56 Å². The molecule has 0 radical (unpaired) electrons. The number of anilines is 1. The molecule has 1 aromatic carbocycles. The Morgan fingerprint density at radius 2 is 1.89 bits per heavy atom. The summed E-state index contributed by atoms with van der Waals surface area (Å²) in [4.78, 5) is 0. The summed E-state index contributed by atoms with van der Waals surface area (Å²) in [6, 6.07) is 4.44. The highest BCUT2D eigenvalue weighted by atomic mass is 79.9. The van der Waals surface area contributed by atoms with Gasteiger partial charge in [-0.2, -0.15) is 13.2 Å². The molecule has 1 saturated carbocycles. The number of fused-ring (bicyclic) bond motifs is 1. The number of piperidine rings is 1. The van der Waals surface area contributed by atoms with Crippen LogP contribution in [0, 0.1) is 11.8 Å². The predicted molar refractivity (Wildman–Crippen MR) is 66.4 cm³/mol. The van der Waals surface area contributed by atoms with Gasteiger partial charge in [0.2, 0.25) is 0 Å². The van der Waals surface area contributed by atoms with Crippen LogP contribution in [0.15, 0.2) is 22.7 Å². The predicted octanol–water partition coefficient (Wildman–Crippen LogP) is 3.10. The molecule has 0 spiro atoms. The van der Waals surface area contributed by atoms with Crippen molar-refractivity contribution in [3.05, 3.63) is 28.2 Å². The standard InChI is InChI=1S/C12H12BrF3N2/c13-6-1-2-10(9(3-6)12(14,15)16)18-11-7-4-17-5-8(7)11/h1-3,7-8,11,17-18H,4-5H2. The third kappa shape index (κ3) is 2.12. The zero-order valence-corrected chi connectivity index (χ0v) is 11.0. The normalized spacial score (nSPS) is 30.1. The van der Waals surface area contributed by atoms with Crippen molar-refractivity contribution in [2.75, 3.05) is 18.4 Å². The third-order valence-corrected chi connectivity index (χ3v) is 4.19. The molecule has 1 aliphatic heterocycles. The van der Waals surface area contributed by atoms with E-state index in [1.807, 2.05) is 0 Å². The number of hydrogen-bond donors (Lipinski definition) is 2. The molecule has 18 heavy (non-hydrogen) atoms. The Morgan fingerprint density at radius 1 is 1.22 bits per heavy atom. The Labute approximate surface area is 111 Å². The Kier molecular flexibility index (Phi) is 2.82. The fourth-order valence-corrected chi connectivity index (χ4v) is 3.05. The van der Waals surface area contributed by atoms with Crippen LogP contribution in [0.5, 0.6) is 0 Å². The molecule has 6 heteroatoms. The van der Waals surface area contributed by atoms with Crippen molar-refractivity contribution in [2.45, 2.75) is 12.2 Å². The average Bonchev–Trinajstić information content (AvgIpc) is 2.73. The van der Waals surface area contributed by atoms with E-state index in [1.165, 1.54) is 6.07 Å². The van der Waals surface area contributed by atoms with Gasteiger partial charge in [0.25, 0.3) is 0 Å². The molecule has 2 N–H and O–H groups in total. The van der Waals surface area contributed by atoms with E-state index in [-0.39, 0.29) is 11.7 Å². The molecule has 0 bridgehead atoms. The molecule has 2 aliphatic rings. The van der Waals surface area contributed by atoms with Crippen LogP contribution in [0.25, 0.3) is 0 Å². The summed E-state index contributed by atoms with van der Waals surface area (Å²) in [5.74, 6) is 0.962. The first kappa shape index (κ1) is 12.3. The van der Waals surface area contributed by atoms with Crippen LogP contribution in [0.3, 0.4) is 0 Å². The van der Waals surface area contributed by atoms with Crippen molar-refractivity contribution >= 4 is 21.6 Å². The summed E-state index contributed by atoms with van der Waals surface area (Å²) in [5, 5.41) is 6.26. The summed E-state index contributed by atoms with van der Waals surface area (Å²) in [6.07, 6.45) is -4.33. The van der Waals surface area contributed by atoms with Gasteiger partial charge in [-0.3, -0.25) is 0 Å². The maximum absolute atomic E-state index is 12.9. The number of alkyl halides is 3. The minimum Gasteiger partial charge on any atom is -0.381 e. The largest absolute Gasteiger partial charge is 0.418 e. The molecule has 2 fully saturated rings. The average molecular weight is 321 g/mol. The zero-order chi connectivity index (χ0) is 12.9. The molecule has 2 atom stereocenters. The third-order valence-electron chi connectivity index (χ3n) is 3.70. The first-order chi connectivity index (χ1) is 8.47. The monoisotopic (exact) mass is 320 g/mol. The summed E-state index contributed by atoms with van der Waals surface area (Å²) in [6.45, 7) is 1.81. The second-order valence-electron chi connectivity index (χ2n) is 4.84. The minimum absolute atomic E-state index is 0.185. The lowest BCUT2D eigenvalue weighted by atomic mass is 10.1. The molecule has 2 nitrogen and oxygen atoms in total. The Balaban J connectivity index is 1.83. The smallest absolute Gasteiger partial charge is 0.381 e. The molecule has 0 amide bonds. The van der Waals surface area contributed by atoms with Crippen molar-refractivity contribution in [2.24, 2.45) is 11.8 Å². The highest BCUT2D eigenvalue weighted by Gasteiger charge is 2.53. The van der Waals surface area contributed by atoms with Gasteiger partial charge in [0.1, 0.15) is 0 Å². The van der Waals surface area contributed by atoms with Crippen molar-refractivity contribution in [3.63, 3.8) is 0 Å². The number of halogens is 4. The van der Waals surface area contributed by atoms with Crippen LogP contribution in [0.2, 0.25) is 0 Å². The highest BCUT2D eigenvalue weighted by Crippen LogP contribution is 2.45. The molecule has 0 aromatic heterocycles. The quantitative estimate of drug-likeness (QED) is 0.875. The minimum atomic E-state index is -4.33. The van der Waals surface area contributed by atoms with Crippen LogP contribution in [0.4, 0.5) is 18.9 Å². The summed E-state index contributed by atoms with van der Waals surface area (Å²) < 4.78 is 39.2. The van der Waals surface area contributed by atoms with Crippen LogP contribution < -0.4 is 10.6 Å². The van der Waals surface area contributed by atoms with Crippen LogP contribution in [0.1, 0.15) is 5.56 Å². The number of rotatable bonds is 2. The van der Waals surface area contributed by atoms with Gasteiger partial charge < -0.3 is 10.6 Å². The van der Waals surface area contributed by atoms with Gasteiger partial charge in [-0.1, -0.05) is 15.9 Å². The van der Waals surface area contributed by atoms with Gasteiger partial charge >= 0.3 is 6.18 Å². The Hall–Kier alpha value is -0.750. The van der Waals surface area contributed by atoms with E-state index in [0.717, 1.165) is 19.2 Å². The van der Waals surface area contributed by atoms with E-state index in [2.05, 4.69) is 26.6 Å². The van der Waals surface area contributed by atoms with Gasteiger partial charge in [0.15, 0.2) is 0 Å². The Bertz CT molecular complexity index is 465. The zero-order valence-electron chi connectivity index (χ0n) is 9.39. The van der Waals surface area contributed by atoms with Crippen molar-refractivity contribution in [1.29, 1.82) is 0 Å². The highest BCUT2D eigenvalue weighted by molar-refractivity contribution is 9.10. The SMILES string of the molecule is FC(F)(F)c1cc(Br)ccc1NC1C2CNCC21. The molecule has 3 rings (SSSR count). The second-order valence-corrected chi connectivity index (χ2v) is 5.76. The summed E-state index contributed by atoms with van der Waals surface area (Å²) in [7, 11) is 0. The fourth-order valence-electron chi connectivity index (χ4n) is 2.69. The summed E-state index contributed by atoms with van der Waals surface area (Å²) >= 11 is 3.08. The number of nitrogens with one attached hydrogen (secondary N) is 2. The van der Waals surface area contributed by atoms with E-state index in [0.29, 0.717) is 16.3 Å². The lowest BCUT2D eigenvalue weighted by Crippen LogP contribution is -2.22. The summed E-state index contributed by atoms with van der Waals surface area (Å²) in [5.41, 5.74) is -0.417. The van der Waals surface area contributed by atoms with Crippen LogP contribution >= 0.6 is 15.9 Å². The van der Waals surface area contributed by atoms with E-state index >= 15 is 0 Å². The first-order valence-electron chi connectivity index (χ1n) is 5.81.